The molecule has 2 N–H and O–H groups in total. The van der Waals surface area contributed by atoms with Crippen LogP contribution in [0.1, 0.15) is 73.5 Å². The van der Waals surface area contributed by atoms with Crippen molar-refractivity contribution in [2.24, 2.45) is 11.3 Å². The smallest absolute Gasteiger partial charge is 0.332 e. The number of aromatic nitrogens is 4. The number of amides is 2. The lowest BCUT2D eigenvalue weighted by Gasteiger charge is -2.41. The van der Waals surface area contributed by atoms with Crippen molar-refractivity contribution in [2.45, 2.75) is 65.2 Å². The summed E-state index contributed by atoms with van der Waals surface area (Å²) in [6.07, 6.45) is 1.14. The number of nitrogens with zero attached hydrogens (tertiary/aromatic N) is 4. The molecule has 1 aliphatic rings. The van der Waals surface area contributed by atoms with Gasteiger partial charge in [-0.15, -0.1) is 5.10 Å². The molecule has 8 nitrogen and oxygen atoms in total. The second kappa shape index (κ2) is 12.2. The summed E-state index contributed by atoms with van der Waals surface area (Å²) in [4.78, 5) is 27.6. The number of hydrogen-bond donors (Lipinski definition) is 2. The second-order valence-corrected chi connectivity index (χ2v) is 11.3. The Bertz CT molecular complexity index is 1370. The zero-order valence-electron chi connectivity index (χ0n) is 23.0. The van der Waals surface area contributed by atoms with Crippen LogP contribution in [0.4, 0.5) is 23.5 Å². The molecular formula is C29H32F4N6O2. The van der Waals surface area contributed by atoms with E-state index in [0.717, 1.165) is 43.4 Å². The van der Waals surface area contributed by atoms with Crippen molar-refractivity contribution in [1.29, 1.82) is 0 Å². The van der Waals surface area contributed by atoms with Gasteiger partial charge in [0, 0.05) is 24.2 Å². The van der Waals surface area contributed by atoms with Crippen LogP contribution >= 0.6 is 0 Å². The number of rotatable bonds is 7. The molecule has 2 amide bonds. The van der Waals surface area contributed by atoms with Crippen LogP contribution in [0.25, 0.3) is 6.08 Å². The Kier molecular flexibility index (Phi) is 8.89. The molecule has 12 heteroatoms. The number of anilines is 1. The van der Waals surface area contributed by atoms with E-state index in [9.17, 15) is 27.2 Å². The zero-order valence-corrected chi connectivity index (χ0v) is 23.0. The summed E-state index contributed by atoms with van der Waals surface area (Å²) in [5.41, 5.74) is 0.0921. The van der Waals surface area contributed by atoms with E-state index < -0.39 is 23.5 Å². The number of carbonyl (C=O) groups excluding carboxylic acids is 2. The maximum absolute atomic E-state index is 13.9. The number of carbonyl (C=O) groups is 2. The molecule has 2 aromatic carbocycles. The van der Waals surface area contributed by atoms with Crippen LogP contribution in [0.5, 0.6) is 0 Å². The first-order chi connectivity index (χ1) is 19.3. The molecule has 1 aromatic heterocycles. The number of halogens is 4. The molecule has 0 atom stereocenters. The highest BCUT2D eigenvalue weighted by atomic mass is 19.4. The molecule has 0 radical (unpaired) electrons. The Balaban J connectivity index is 1.53. The largest absolute Gasteiger partial charge is 0.416 e. The van der Waals surface area contributed by atoms with E-state index in [0.29, 0.717) is 17.5 Å². The topological polar surface area (TPSA) is 104 Å². The first kappa shape index (κ1) is 29.9. The molecule has 0 unspecified atom stereocenters. The molecule has 1 fully saturated rings. The van der Waals surface area contributed by atoms with Gasteiger partial charge < -0.3 is 4.90 Å². The van der Waals surface area contributed by atoms with Gasteiger partial charge >= 0.3 is 6.18 Å². The van der Waals surface area contributed by atoms with Gasteiger partial charge in [0.05, 0.1) is 5.56 Å². The van der Waals surface area contributed by atoms with Crippen LogP contribution in [-0.4, -0.2) is 43.4 Å². The molecule has 3 aromatic rings. The monoisotopic (exact) mass is 572 g/mol. The van der Waals surface area contributed by atoms with Crippen molar-refractivity contribution in [1.82, 2.24) is 25.5 Å². The quantitative estimate of drug-likeness (QED) is 0.257. The van der Waals surface area contributed by atoms with Gasteiger partial charge in [-0.05, 0) is 89.8 Å². The molecule has 1 heterocycles. The summed E-state index contributed by atoms with van der Waals surface area (Å²) < 4.78 is 53.3. The molecular weight excluding hydrogens is 540 g/mol. The summed E-state index contributed by atoms with van der Waals surface area (Å²) in [7, 11) is 0. The highest BCUT2D eigenvalue weighted by Gasteiger charge is 2.34. The van der Waals surface area contributed by atoms with Crippen molar-refractivity contribution in [3.8, 4) is 0 Å². The van der Waals surface area contributed by atoms with Crippen molar-refractivity contribution in [3.05, 3.63) is 76.6 Å². The van der Waals surface area contributed by atoms with Crippen LogP contribution in [-0.2, 0) is 17.5 Å². The maximum atomic E-state index is 13.9. The summed E-state index contributed by atoms with van der Waals surface area (Å²) >= 11 is 0. The molecule has 0 spiro atoms. The number of tetrazole rings is 1. The van der Waals surface area contributed by atoms with Crippen LogP contribution in [0.15, 0.2) is 48.5 Å². The fourth-order valence-corrected chi connectivity index (χ4v) is 5.12. The minimum atomic E-state index is -4.71. The predicted molar refractivity (Wildman–Crippen MR) is 145 cm³/mol. The number of alkyl halides is 3. The second-order valence-electron chi connectivity index (χ2n) is 11.3. The van der Waals surface area contributed by atoms with Gasteiger partial charge in [0.15, 0.2) is 0 Å². The number of H-pyrrole nitrogens is 1. The Labute approximate surface area is 235 Å². The van der Waals surface area contributed by atoms with Crippen LogP contribution in [0.2, 0.25) is 0 Å². The molecule has 1 aliphatic carbocycles. The Morgan fingerprint density at radius 1 is 1.05 bits per heavy atom. The van der Waals surface area contributed by atoms with Gasteiger partial charge in [-0.1, -0.05) is 38.0 Å². The van der Waals surface area contributed by atoms with Gasteiger partial charge in [0.2, 0.25) is 5.91 Å². The lowest BCUT2D eigenvalue weighted by molar-refractivity contribution is -0.137. The third-order valence-electron chi connectivity index (χ3n) is 7.45. The van der Waals surface area contributed by atoms with E-state index in [1.165, 1.54) is 12.2 Å². The SMILES string of the molecule is CC(C)(C)C1CCC(N(Cc2ccc(C(=O)Nc3nn[nH]n3)cc2)C(=O)C=Cc2cc(F)cc(C(F)(F)F)c2)CC1. The van der Waals surface area contributed by atoms with Gasteiger partial charge in [-0.25, -0.2) is 4.39 Å². The molecule has 4 rings (SSSR count). The fraction of sp³-hybridized carbons (Fsp3) is 0.414. The van der Waals surface area contributed by atoms with E-state index >= 15 is 0 Å². The Morgan fingerprint density at radius 3 is 2.32 bits per heavy atom. The lowest BCUT2D eigenvalue weighted by atomic mass is 9.71. The molecule has 1 saturated carbocycles. The van der Waals surface area contributed by atoms with Crippen LogP contribution in [0, 0.1) is 17.2 Å². The number of nitrogens with one attached hydrogen (secondary N) is 2. The van der Waals surface area contributed by atoms with E-state index in [4.69, 9.17) is 0 Å². The molecule has 218 valence electrons. The third kappa shape index (κ3) is 7.99. The van der Waals surface area contributed by atoms with Gasteiger partial charge in [-0.2, -0.15) is 18.4 Å². The average Bonchev–Trinajstić information content (AvgIpc) is 3.42. The zero-order chi connectivity index (χ0) is 29.8. The molecule has 41 heavy (non-hydrogen) atoms. The summed E-state index contributed by atoms with van der Waals surface area (Å²) in [6.45, 7) is 6.84. The molecule has 0 aliphatic heterocycles. The van der Waals surface area contributed by atoms with Gasteiger partial charge in [0.25, 0.3) is 11.9 Å². The Hall–Kier alpha value is -4.09. The molecule has 0 saturated heterocycles. The normalized spacial score (nSPS) is 17.9. The average molecular weight is 573 g/mol. The van der Waals surface area contributed by atoms with E-state index in [-0.39, 0.29) is 35.4 Å². The maximum Gasteiger partial charge on any atom is 0.416 e. The van der Waals surface area contributed by atoms with Crippen molar-refractivity contribution >= 4 is 23.8 Å². The van der Waals surface area contributed by atoms with Crippen molar-refractivity contribution < 1.29 is 27.2 Å². The van der Waals surface area contributed by atoms with E-state index in [1.54, 1.807) is 29.2 Å². The van der Waals surface area contributed by atoms with Crippen molar-refractivity contribution in [2.75, 3.05) is 5.32 Å². The minimum Gasteiger partial charge on any atom is -0.332 e. The predicted octanol–water partition coefficient (Wildman–Crippen LogP) is 6.26. The number of hydrogen-bond acceptors (Lipinski definition) is 5. The van der Waals surface area contributed by atoms with Gasteiger partial charge in [0.1, 0.15) is 5.82 Å². The number of aromatic amines is 1. The standard InChI is InChI=1S/C29H32F4N6O2/c1-28(2,3)21-9-11-24(12-10-21)39(25(40)13-6-19-14-22(29(31,32)33)16-23(30)15-19)17-18-4-7-20(8-5-18)26(41)34-27-35-37-38-36-27/h4-8,13-16,21,24H,9-12,17H2,1-3H3,(H2,34,35,36,37,38,41). The summed E-state index contributed by atoms with van der Waals surface area (Å²) in [6, 6.07) is 8.81. The summed E-state index contributed by atoms with van der Waals surface area (Å²) in [5, 5.41) is 15.5. The first-order valence-corrected chi connectivity index (χ1v) is 13.3. The van der Waals surface area contributed by atoms with E-state index in [2.05, 4.69) is 46.7 Å². The van der Waals surface area contributed by atoms with Crippen LogP contribution < -0.4 is 5.32 Å². The number of benzene rings is 2. The van der Waals surface area contributed by atoms with Crippen LogP contribution in [0.3, 0.4) is 0 Å². The minimum absolute atomic E-state index is 0.0362. The third-order valence-corrected chi connectivity index (χ3v) is 7.45. The highest BCUT2D eigenvalue weighted by molar-refractivity contribution is 6.03. The van der Waals surface area contributed by atoms with Crippen molar-refractivity contribution in [3.63, 3.8) is 0 Å². The summed E-state index contributed by atoms with van der Waals surface area (Å²) in [5.74, 6) is -1.30. The van der Waals surface area contributed by atoms with E-state index in [1.807, 2.05) is 0 Å². The first-order valence-electron chi connectivity index (χ1n) is 13.3. The van der Waals surface area contributed by atoms with Gasteiger partial charge in [-0.3, -0.25) is 14.9 Å². The Morgan fingerprint density at radius 2 is 1.73 bits per heavy atom. The lowest BCUT2D eigenvalue weighted by Crippen LogP contribution is -2.42. The molecule has 0 bridgehead atoms. The fourth-order valence-electron chi connectivity index (χ4n) is 5.12. The highest BCUT2D eigenvalue weighted by Crippen LogP contribution is 2.39.